The van der Waals surface area contributed by atoms with Crippen LogP contribution < -0.4 is 14.2 Å². The minimum absolute atomic E-state index is 0.0803. The van der Waals surface area contributed by atoms with Crippen LogP contribution in [0.15, 0.2) is 42.5 Å². The van der Waals surface area contributed by atoms with Crippen LogP contribution in [0.4, 0.5) is 0 Å². The number of benzene rings is 2. The van der Waals surface area contributed by atoms with Crippen LogP contribution in [-0.2, 0) is 11.3 Å². The molecule has 154 valence electrons. The summed E-state index contributed by atoms with van der Waals surface area (Å²) in [7, 11) is 0. The highest BCUT2D eigenvalue weighted by molar-refractivity contribution is 5.81. The molecule has 0 N–H and O–H groups in total. The molecule has 0 bridgehead atoms. The van der Waals surface area contributed by atoms with Crippen molar-refractivity contribution in [3.8, 4) is 17.2 Å². The number of carbonyl (C=O) groups excluding carboxylic acids is 1. The Balaban J connectivity index is 1.30. The molecule has 0 spiro atoms. The second-order valence-electron chi connectivity index (χ2n) is 7.62. The third-order valence-electron chi connectivity index (χ3n) is 5.44. The van der Waals surface area contributed by atoms with Gasteiger partial charge in [0.25, 0.3) is 5.91 Å². The van der Waals surface area contributed by atoms with Gasteiger partial charge >= 0.3 is 0 Å². The fraction of sp³-hybridized carbons (Fsp3) is 0.435. The normalized spacial score (nSPS) is 17.2. The minimum atomic E-state index is -0.433. The number of amides is 1. The largest absolute Gasteiger partial charge is 0.481 e. The first-order chi connectivity index (χ1) is 14.1. The third kappa shape index (κ3) is 4.65. The number of fused-ring (bicyclic) bond motifs is 1. The lowest BCUT2D eigenvalue weighted by molar-refractivity contribution is -0.140. The van der Waals surface area contributed by atoms with Gasteiger partial charge in [0.2, 0.25) is 6.79 Å². The van der Waals surface area contributed by atoms with E-state index in [2.05, 4.69) is 11.0 Å². The zero-order valence-electron chi connectivity index (χ0n) is 17.1. The highest BCUT2D eigenvalue weighted by atomic mass is 16.7. The molecule has 0 saturated carbocycles. The van der Waals surface area contributed by atoms with Crippen LogP contribution in [0.1, 0.15) is 24.5 Å². The summed E-state index contributed by atoms with van der Waals surface area (Å²) in [5.74, 6) is 2.46. The van der Waals surface area contributed by atoms with Gasteiger partial charge in [-0.25, -0.2) is 0 Å². The van der Waals surface area contributed by atoms with Crippen LogP contribution in [0.5, 0.6) is 17.2 Å². The first-order valence-electron chi connectivity index (χ1n) is 10.3. The molecule has 4 rings (SSSR count). The van der Waals surface area contributed by atoms with E-state index in [1.807, 2.05) is 55.1 Å². The quantitative estimate of drug-likeness (QED) is 0.750. The Bertz CT molecular complexity index is 862. The highest BCUT2D eigenvalue weighted by Crippen LogP contribution is 2.32. The number of hydrogen-bond acceptors (Lipinski definition) is 5. The average Bonchev–Trinajstić information content (AvgIpc) is 3.20. The van der Waals surface area contributed by atoms with Crippen LogP contribution >= 0.6 is 0 Å². The summed E-state index contributed by atoms with van der Waals surface area (Å²) < 4.78 is 16.8. The lowest BCUT2D eigenvalue weighted by Crippen LogP contribution is -2.52. The van der Waals surface area contributed by atoms with E-state index in [0.717, 1.165) is 55.5 Å². The molecule has 1 fully saturated rings. The maximum Gasteiger partial charge on any atom is 0.263 e. The third-order valence-corrected chi connectivity index (χ3v) is 5.44. The fourth-order valence-electron chi connectivity index (χ4n) is 3.79. The van der Waals surface area contributed by atoms with Gasteiger partial charge < -0.3 is 19.1 Å². The molecule has 2 aromatic carbocycles. The van der Waals surface area contributed by atoms with Crippen molar-refractivity contribution in [2.24, 2.45) is 0 Å². The van der Waals surface area contributed by atoms with Crippen molar-refractivity contribution < 1.29 is 19.0 Å². The Morgan fingerprint density at radius 2 is 1.86 bits per heavy atom. The highest BCUT2D eigenvalue weighted by Gasteiger charge is 2.28. The molecule has 2 aromatic rings. The van der Waals surface area contributed by atoms with E-state index >= 15 is 0 Å². The van der Waals surface area contributed by atoms with Crippen LogP contribution in [-0.4, -0.2) is 54.8 Å². The molecule has 2 aliphatic heterocycles. The van der Waals surface area contributed by atoms with Crippen molar-refractivity contribution in [1.29, 1.82) is 0 Å². The van der Waals surface area contributed by atoms with E-state index in [4.69, 9.17) is 14.2 Å². The molecule has 2 aliphatic rings. The van der Waals surface area contributed by atoms with E-state index in [-0.39, 0.29) is 5.91 Å². The Labute approximate surface area is 172 Å². The van der Waals surface area contributed by atoms with Gasteiger partial charge in [-0.1, -0.05) is 25.1 Å². The molecule has 6 heteroatoms. The molecule has 0 unspecified atom stereocenters. The Morgan fingerprint density at radius 1 is 1.07 bits per heavy atom. The van der Waals surface area contributed by atoms with Gasteiger partial charge in [-0.3, -0.25) is 9.69 Å². The minimum Gasteiger partial charge on any atom is -0.481 e. The Morgan fingerprint density at radius 3 is 2.62 bits per heavy atom. The number of piperazine rings is 1. The standard InChI is InChI=1S/C23H28N2O4/c1-3-20(29-19-6-4-5-17(2)13-19)23(26)25-11-9-24(10-12-25)15-18-7-8-21-22(14-18)28-16-27-21/h4-8,13-14,20H,3,9-12,15-16H2,1-2H3/t20-/m1/s1. The molecular formula is C23H28N2O4. The lowest BCUT2D eigenvalue weighted by Gasteiger charge is -2.36. The van der Waals surface area contributed by atoms with Crippen molar-refractivity contribution >= 4 is 5.91 Å². The summed E-state index contributed by atoms with van der Waals surface area (Å²) in [5.41, 5.74) is 2.32. The Hall–Kier alpha value is -2.73. The van der Waals surface area contributed by atoms with Crippen LogP contribution in [0.25, 0.3) is 0 Å². The van der Waals surface area contributed by atoms with Crippen molar-refractivity contribution in [2.75, 3.05) is 33.0 Å². The summed E-state index contributed by atoms with van der Waals surface area (Å²) in [6.45, 7) is 8.29. The molecule has 29 heavy (non-hydrogen) atoms. The first-order valence-corrected chi connectivity index (χ1v) is 10.3. The average molecular weight is 396 g/mol. The van der Waals surface area contributed by atoms with Crippen molar-refractivity contribution in [3.05, 3.63) is 53.6 Å². The second kappa shape index (κ2) is 8.74. The second-order valence-corrected chi connectivity index (χ2v) is 7.62. The van der Waals surface area contributed by atoms with Gasteiger partial charge in [-0.2, -0.15) is 0 Å². The maximum absolute atomic E-state index is 13.0. The first kappa shape index (κ1) is 19.6. The van der Waals surface area contributed by atoms with Crippen LogP contribution in [0, 0.1) is 6.92 Å². The fourth-order valence-corrected chi connectivity index (χ4v) is 3.79. The number of carbonyl (C=O) groups is 1. The smallest absolute Gasteiger partial charge is 0.263 e. The van der Waals surface area contributed by atoms with Gasteiger partial charge in [0.1, 0.15) is 5.75 Å². The molecule has 2 heterocycles. The van der Waals surface area contributed by atoms with Crippen LogP contribution in [0.2, 0.25) is 0 Å². The molecule has 0 aliphatic carbocycles. The van der Waals surface area contributed by atoms with Gasteiger partial charge in [-0.05, 0) is 48.7 Å². The van der Waals surface area contributed by atoms with E-state index in [9.17, 15) is 4.79 Å². The van der Waals surface area contributed by atoms with Gasteiger partial charge in [0, 0.05) is 32.7 Å². The van der Waals surface area contributed by atoms with E-state index in [1.54, 1.807) is 0 Å². The van der Waals surface area contributed by atoms with E-state index in [1.165, 1.54) is 5.56 Å². The van der Waals surface area contributed by atoms with Crippen LogP contribution in [0.3, 0.4) is 0 Å². The molecule has 0 radical (unpaired) electrons. The molecule has 1 saturated heterocycles. The number of ether oxygens (including phenoxy) is 3. The number of aryl methyl sites for hydroxylation is 1. The molecular weight excluding hydrogens is 368 g/mol. The number of nitrogens with zero attached hydrogens (tertiary/aromatic N) is 2. The van der Waals surface area contributed by atoms with E-state index < -0.39 is 6.10 Å². The maximum atomic E-state index is 13.0. The van der Waals surface area contributed by atoms with Gasteiger partial charge in [-0.15, -0.1) is 0 Å². The van der Waals surface area contributed by atoms with E-state index in [0.29, 0.717) is 13.2 Å². The summed E-state index contributed by atoms with van der Waals surface area (Å²) >= 11 is 0. The van der Waals surface area contributed by atoms with Crippen molar-refractivity contribution in [1.82, 2.24) is 9.80 Å². The topological polar surface area (TPSA) is 51.2 Å². The molecule has 6 nitrogen and oxygen atoms in total. The zero-order valence-corrected chi connectivity index (χ0v) is 17.1. The SMILES string of the molecule is CC[C@@H](Oc1cccc(C)c1)C(=O)N1CCN(Cc2ccc3c(c2)OCO3)CC1. The number of rotatable bonds is 6. The van der Waals surface area contributed by atoms with Gasteiger partial charge in [0.05, 0.1) is 0 Å². The predicted molar refractivity (Wildman–Crippen MR) is 110 cm³/mol. The number of hydrogen-bond donors (Lipinski definition) is 0. The summed E-state index contributed by atoms with van der Waals surface area (Å²) in [5, 5.41) is 0. The van der Waals surface area contributed by atoms with Crippen molar-refractivity contribution in [3.63, 3.8) is 0 Å². The molecule has 0 aromatic heterocycles. The van der Waals surface area contributed by atoms with Crippen molar-refractivity contribution in [2.45, 2.75) is 32.9 Å². The summed E-state index contributed by atoms with van der Waals surface area (Å²) in [4.78, 5) is 17.3. The Kier molecular flexibility index (Phi) is 5.90. The zero-order chi connectivity index (χ0) is 20.2. The molecule has 1 atom stereocenters. The summed E-state index contributed by atoms with van der Waals surface area (Å²) in [6, 6.07) is 13.9. The lowest BCUT2D eigenvalue weighted by atomic mass is 10.1. The monoisotopic (exact) mass is 396 g/mol. The molecule has 1 amide bonds. The van der Waals surface area contributed by atoms with Gasteiger partial charge in [0.15, 0.2) is 17.6 Å². The predicted octanol–water partition coefficient (Wildman–Crippen LogP) is 3.23. The summed E-state index contributed by atoms with van der Waals surface area (Å²) in [6.07, 6.45) is 0.224.